The standard InChI is InChI=1S/C12H16N4O2/c1-8(2)5-10(12(17)18)7-14-11-9(6-13)3-4-15-16-11/h3-4,8,10H,5,7H2,1-2H3,(H,14,16)(H,17,18). The van der Waals surface area contributed by atoms with Crippen LogP contribution in [-0.2, 0) is 4.79 Å². The molecule has 0 aromatic carbocycles. The summed E-state index contributed by atoms with van der Waals surface area (Å²) in [5, 5.41) is 28.3. The van der Waals surface area contributed by atoms with E-state index in [0.29, 0.717) is 23.7 Å². The van der Waals surface area contributed by atoms with Crippen LogP contribution in [0.4, 0.5) is 5.82 Å². The first-order valence-electron chi connectivity index (χ1n) is 5.73. The van der Waals surface area contributed by atoms with Crippen molar-refractivity contribution in [3.05, 3.63) is 17.8 Å². The summed E-state index contributed by atoms with van der Waals surface area (Å²) < 4.78 is 0. The van der Waals surface area contributed by atoms with E-state index >= 15 is 0 Å². The van der Waals surface area contributed by atoms with Crippen LogP contribution in [0.5, 0.6) is 0 Å². The topological polar surface area (TPSA) is 98.9 Å². The summed E-state index contributed by atoms with van der Waals surface area (Å²) in [6.07, 6.45) is 2.00. The third-order valence-electron chi connectivity index (χ3n) is 2.46. The summed E-state index contributed by atoms with van der Waals surface area (Å²) in [6.45, 7) is 4.18. The zero-order chi connectivity index (χ0) is 13.5. The minimum atomic E-state index is -0.849. The molecule has 18 heavy (non-hydrogen) atoms. The lowest BCUT2D eigenvalue weighted by Crippen LogP contribution is -2.25. The van der Waals surface area contributed by atoms with Crippen LogP contribution in [0.1, 0.15) is 25.8 Å². The third kappa shape index (κ3) is 4.01. The Hall–Kier alpha value is -2.16. The third-order valence-corrected chi connectivity index (χ3v) is 2.46. The number of nitrogens with one attached hydrogen (secondary N) is 1. The molecular formula is C12H16N4O2. The zero-order valence-corrected chi connectivity index (χ0v) is 10.4. The smallest absolute Gasteiger partial charge is 0.308 e. The van der Waals surface area contributed by atoms with Crippen LogP contribution in [-0.4, -0.2) is 27.8 Å². The molecule has 0 aliphatic rings. The molecule has 1 unspecified atom stereocenters. The van der Waals surface area contributed by atoms with Crippen LogP contribution in [0.2, 0.25) is 0 Å². The van der Waals surface area contributed by atoms with Gasteiger partial charge in [0.05, 0.1) is 17.7 Å². The van der Waals surface area contributed by atoms with Crippen molar-refractivity contribution in [3.8, 4) is 6.07 Å². The van der Waals surface area contributed by atoms with Gasteiger partial charge in [0.25, 0.3) is 0 Å². The average Bonchev–Trinajstić information content (AvgIpc) is 2.34. The molecule has 1 aromatic heterocycles. The SMILES string of the molecule is CC(C)CC(CNc1nnccc1C#N)C(=O)O. The number of nitriles is 1. The molecule has 1 aromatic rings. The maximum Gasteiger partial charge on any atom is 0.308 e. The highest BCUT2D eigenvalue weighted by Gasteiger charge is 2.19. The molecule has 0 fully saturated rings. The number of carboxylic acid groups (broad SMARTS) is 1. The second kappa shape index (κ2) is 6.55. The highest BCUT2D eigenvalue weighted by Crippen LogP contribution is 2.14. The fourth-order valence-electron chi connectivity index (χ4n) is 1.61. The summed E-state index contributed by atoms with van der Waals surface area (Å²) in [7, 11) is 0. The van der Waals surface area contributed by atoms with Crippen molar-refractivity contribution in [2.45, 2.75) is 20.3 Å². The molecule has 96 valence electrons. The van der Waals surface area contributed by atoms with E-state index in [4.69, 9.17) is 10.4 Å². The Morgan fingerprint density at radius 3 is 2.89 bits per heavy atom. The molecule has 0 saturated heterocycles. The number of aromatic nitrogens is 2. The molecule has 1 heterocycles. The van der Waals surface area contributed by atoms with Gasteiger partial charge in [0.1, 0.15) is 6.07 Å². The molecule has 0 bridgehead atoms. The van der Waals surface area contributed by atoms with Gasteiger partial charge in [-0.05, 0) is 18.4 Å². The van der Waals surface area contributed by atoms with Gasteiger partial charge in [0, 0.05) is 6.54 Å². The Labute approximate surface area is 106 Å². The van der Waals surface area contributed by atoms with Crippen molar-refractivity contribution in [3.63, 3.8) is 0 Å². The monoisotopic (exact) mass is 248 g/mol. The average molecular weight is 248 g/mol. The molecule has 0 saturated carbocycles. The van der Waals surface area contributed by atoms with Crippen molar-refractivity contribution < 1.29 is 9.90 Å². The molecule has 0 radical (unpaired) electrons. The van der Waals surface area contributed by atoms with Crippen LogP contribution >= 0.6 is 0 Å². The van der Waals surface area contributed by atoms with Gasteiger partial charge in [-0.2, -0.15) is 10.4 Å². The van der Waals surface area contributed by atoms with Gasteiger partial charge >= 0.3 is 5.97 Å². The zero-order valence-electron chi connectivity index (χ0n) is 10.4. The van der Waals surface area contributed by atoms with E-state index in [9.17, 15) is 4.79 Å². The maximum atomic E-state index is 11.1. The Bertz CT molecular complexity index is 454. The summed E-state index contributed by atoms with van der Waals surface area (Å²) in [6, 6.07) is 3.51. The Kier molecular flexibility index (Phi) is 5.06. The van der Waals surface area contributed by atoms with Gasteiger partial charge in [-0.1, -0.05) is 13.8 Å². The molecule has 1 atom stereocenters. The van der Waals surface area contributed by atoms with Crippen molar-refractivity contribution >= 4 is 11.8 Å². The highest BCUT2D eigenvalue weighted by molar-refractivity contribution is 5.70. The number of rotatable bonds is 6. The first kappa shape index (κ1) is 13.9. The molecule has 1 rings (SSSR count). The quantitative estimate of drug-likeness (QED) is 0.791. The fraction of sp³-hybridized carbons (Fsp3) is 0.500. The lowest BCUT2D eigenvalue weighted by molar-refractivity contribution is -0.141. The molecule has 0 aliphatic carbocycles. The van der Waals surface area contributed by atoms with Crippen molar-refractivity contribution in [2.75, 3.05) is 11.9 Å². The van der Waals surface area contributed by atoms with Crippen LogP contribution < -0.4 is 5.32 Å². The number of nitrogens with zero attached hydrogens (tertiary/aromatic N) is 3. The van der Waals surface area contributed by atoms with Gasteiger partial charge in [-0.25, -0.2) is 0 Å². The van der Waals surface area contributed by atoms with Gasteiger partial charge in [0.15, 0.2) is 5.82 Å². The predicted molar refractivity (Wildman–Crippen MR) is 65.8 cm³/mol. The van der Waals surface area contributed by atoms with Crippen LogP contribution in [0.15, 0.2) is 12.3 Å². The number of hydrogen-bond acceptors (Lipinski definition) is 5. The molecule has 0 amide bonds. The van der Waals surface area contributed by atoms with E-state index < -0.39 is 11.9 Å². The Balaban J connectivity index is 2.67. The predicted octanol–water partition coefficient (Wildman–Crippen LogP) is 1.51. The van der Waals surface area contributed by atoms with E-state index in [1.54, 1.807) is 0 Å². The van der Waals surface area contributed by atoms with Gasteiger partial charge < -0.3 is 10.4 Å². The Morgan fingerprint density at radius 1 is 1.61 bits per heavy atom. The van der Waals surface area contributed by atoms with Crippen LogP contribution in [0, 0.1) is 23.2 Å². The highest BCUT2D eigenvalue weighted by atomic mass is 16.4. The lowest BCUT2D eigenvalue weighted by atomic mass is 9.97. The van der Waals surface area contributed by atoms with Crippen molar-refractivity contribution in [1.82, 2.24) is 10.2 Å². The first-order valence-corrected chi connectivity index (χ1v) is 5.73. The largest absolute Gasteiger partial charge is 0.481 e. The maximum absolute atomic E-state index is 11.1. The summed E-state index contributed by atoms with van der Waals surface area (Å²) in [5.74, 6) is -0.725. The fourth-order valence-corrected chi connectivity index (χ4v) is 1.61. The van der Waals surface area contributed by atoms with Crippen LogP contribution in [0.25, 0.3) is 0 Å². The number of aliphatic carboxylic acids is 1. The number of carbonyl (C=O) groups is 1. The van der Waals surface area contributed by atoms with E-state index in [-0.39, 0.29) is 6.54 Å². The van der Waals surface area contributed by atoms with E-state index in [1.807, 2.05) is 19.9 Å². The minimum Gasteiger partial charge on any atom is -0.481 e. The van der Waals surface area contributed by atoms with Crippen molar-refractivity contribution in [1.29, 1.82) is 5.26 Å². The molecule has 0 spiro atoms. The van der Waals surface area contributed by atoms with E-state index in [0.717, 1.165) is 0 Å². The normalized spacial score (nSPS) is 11.9. The van der Waals surface area contributed by atoms with Crippen LogP contribution in [0.3, 0.4) is 0 Å². The Morgan fingerprint density at radius 2 is 2.33 bits per heavy atom. The summed E-state index contributed by atoms with van der Waals surface area (Å²) in [5.41, 5.74) is 0.360. The molecule has 0 aliphatic heterocycles. The minimum absolute atomic E-state index is 0.237. The number of anilines is 1. The lowest BCUT2D eigenvalue weighted by Gasteiger charge is -2.15. The summed E-state index contributed by atoms with van der Waals surface area (Å²) >= 11 is 0. The van der Waals surface area contributed by atoms with Gasteiger partial charge in [0.2, 0.25) is 0 Å². The molecular weight excluding hydrogens is 232 g/mol. The van der Waals surface area contributed by atoms with Gasteiger partial charge in [-0.15, -0.1) is 5.10 Å². The summed E-state index contributed by atoms with van der Waals surface area (Å²) in [4.78, 5) is 11.1. The molecule has 2 N–H and O–H groups in total. The second-order valence-electron chi connectivity index (χ2n) is 4.45. The second-order valence-corrected chi connectivity index (χ2v) is 4.45. The van der Waals surface area contributed by atoms with Crippen molar-refractivity contribution in [2.24, 2.45) is 11.8 Å². The molecule has 6 nitrogen and oxygen atoms in total. The van der Waals surface area contributed by atoms with E-state index in [2.05, 4.69) is 15.5 Å². The van der Waals surface area contributed by atoms with E-state index in [1.165, 1.54) is 12.3 Å². The van der Waals surface area contributed by atoms with Gasteiger partial charge in [-0.3, -0.25) is 4.79 Å². The molecule has 6 heteroatoms. The number of carboxylic acids is 1. The number of hydrogen-bond donors (Lipinski definition) is 2. The first-order chi connectivity index (χ1) is 8.54.